The third kappa shape index (κ3) is 6.15. The number of esters is 1. The molecule has 4 N–H and O–H groups in total. The van der Waals surface area contributed by atoms with E-state index in [0.29, 0.717) is 17.8 Å². The van der Waals surface area contributed by atoms with Gasteiger partial charge in [0.15, 0.2) is 0 Å². The number of hydrogen-bond acceptors (Lipinski definition) is 6. The third-order valence-corrected chi connectivity index (χ3v) is 7.21. The van der Waals surface area contributed by atoms with Crippen LogP contribution in [0.25, 0.3) is 22.3 Å². The van der Waals surface area contributed by atoms with Crippen molar-refractivity contribution < 1.29 is 31.9 Å². The summed E-state index contributed by atoms with van der Waals surface area (Å²) >= 11 is 0. The highest BCUT2D eigenvalue weighted by Gasteiger charge is 2.56. The highest BCUT2D eigenvalue weighted by molar-refractivity contribution is 5.84. The summed E-state index contributed by atoms with van der Waals surface area (Å²) in [4.78, 5) is 13.0. The lowest BCUT2D eigenvalue weighted by atomic mass is 9.79. The van der Waals surface area contributed by atoms with Gasteiger partial charge in [-0.05, 0) is 65.2 Å². The number of alkyl halides is 3. The maximum atomic E-state index is 14.2. The molecule has 6 nitrogen and oxygen atoms in total. The first-order chi connectivity index (χ1) is 17.6. The van der Waals surface area contributed by atoms with Crippen molar-refractivity contribution in [1.29, 1.82) is 0 Å². The number of halogens is 3. The highest BCUT2D eigenvalue weighted by Crippen LogP contribution is 2.44. The van der Waals surface area contributed by atoms with Crippen LogP contribution >= 0.6 is 0 Å². The van der Waals surface area contributed by atoms with Gasteiger partial charge in [0.05, 0.1) is 5.41 Å². The Kier molecular flexibility index (Phi) is 7.56. The Hall–Kier alpha value is -3.04. The molecule has 1 aromatic heterocycles. The van der Waals surface area contributed by atoms with E-state index in [4.69, 9.17) is 25.4 Å². The molecule has 0 bridgehead atoms. The number of ether oxygens (including phenoxy) is 2. The van der Waals surface area contributed by atoms with Crippen LogP contribution in [0, 0.1) is 11.3 Å². The van der Waals surface area contributed by atoms with Crippen molar-refractivity contribution in [2.45, 2.75) is 76.9 Å². The number of fused-ring (bicyclic) bond motifs is 1. The summed E-state index contributed by atoms with van der Waals surface area (Å²) in [5, 5.41) is 0.807. The Balaban J connectivity index is 1.50. The van der Waals surface area contributed by atoms with Gasteiger partial charge in [-0.1, -0.05) is 30.3 Å². The first kappa shape index (κ1) is 28.0. The second-order valence-corrected chi connectivity index (χ2v) is 11.4. The van der Waals surface area contributed by atoms with E-state index in [-0.39, 0.29) is 18.6 Å². The number of furan rings is 1. The average molecular weight is 533 g/mol. The van der Waals surface area contributed by atoms with Crippen LogP contribution in [0.2, 0.25) is 0 Å². The molecule has 2 aromatic carbocycles. The lowest BCUT2D eigenvalue weighted by Gasteiger charge is -2.35. The van der Waals surface area contributed by atoms with Crippen molar-refractivity contribution in [3.63, 3.8) is 0 Å². The van der Waals surface area contributed by atoms with E-state index in [0.717, 1.165) is 10.9 Å². The summed E-state index contributed by atoms with van der Waals surface area (Å²) in [6.07, 6.45) is -6.82. The van der Waals surface area contributed by atoms with Crippen LogP contribution < -0.4 is 16.2 Å². The van der Waals surface area contributed by atoms with E-state index in [1.807, 2.05) is 36.4 Å². The van der Waals surface area contributed by atoms with E-state index in [1.165, 1.54) is 0 Å². The molecule has 3 aromatic rings. The Morgan fingerprint density at radius 1 is 1.03 bits per heavy atom. The van der Waals surface area contributed by atoms with Gasteiger partial charge in [-0.15, -0.1) is 0 Å². The molecule has 4 unspecified atom stereocenters. The fourth-order valence-corrected chi connectivity index (χ4v) is 4.88. The number of benzene rings is 2. The van der Waals surface area contributed by atoms with E-state index in [1.54, 1.807) is 45.9 Å². The summed E-state index contributed by atoms with van der Waals surface area (Å²) in [5.74, 6) is -1.85. The largest absolute Gasteiger partial charge is 0.489 e. The fraction of sp³-hybridized carbons (Fsp3) is 0.483. The molecule has 4 rings (SSSR count). The number of rotatable bonds is 8. The first-order valence-corrected chi connectivity index (χ1v) is 12.7. The van der Waals surface area contributed by atoms with Crippen LogP contribution in [-0.2, 0) is 9.53 Å². The molecule has 1 saturated carbocycles. The number of carbonyl (C=O) groups is 1. The molecule has 0 amide bonds. The van der Waals surface area contributed by atoms with Crippen molar-refractivity contribution >= 4 is 16.9 Å². The zero-order valence-electron chi connectivity index (χ0n) is 22.0. The van der Waals surface area contributed by atoms with Crippen LogP contribution in [0.3, 0.4) is 0 Å². The number of hydrogen-bond donors (Lipinski definition) is 2. The predicted molar refractivity (Wildman–Crippen MR) is 139 cm³/mol. The highest BCUT2D eigenvalue weighted by atomic mass is 19.4. The van der Waals surface area contributed by atoms with Crippen LogP contribution in [0.5, 0.6) is 5.75 Å². The zero-order chi connectivity index (χ0) is 27.9. The monoisotopic (exact) mass is 532 g/mol. The molecule has 0 saturated heterocycles. The van der Waals surface area contributed by atoms with Gasteiger partial charge < -0.3 is 25.4 Å². The van der Waals surface area contributed by atoms with Crippen molar-refractivity contribution in [3.8, 4) is 17.1 Å². The lowest BCUT2D eigenvalue weighted by molar-refractivity contribution is -0.218. The fourth-order valence-electron chi connectivity index (χ4n) is 4.88. The molecule has 38 heavy (non-hydrogen) atoms. The Morgan fingerprint density at radius 2 is 1.68 bits per heavy atom. The first-order valence-electron chi connectivity index (χ1n) is 12.7. The normalized spacial score (nSPS) is 21.4. The second-order valence-electron chi connectivity index (χ2n) is 11.4. The summed E-state index contributed by atoms with van der Waals surface area (Å²) in [6, 6.07) is 15.7. The van der Waals surface area contributed by atoms with Gasteiger partial charge in [-0.25, -0.2) is 0 Å². The Labute approximate surface area is 220 Å². The number of nitrogens with two attached hydrogens (primary N) is 2. The lowest BCUT2D eigenvalue weighted by Crippen LogP contribution is -2.51. The smallest absolute Gasteiger partial charge is 0.398 e. The predicted octanol–water partition coefficient (Wildman–Crippen LogP) is 6.21. The average Bonchev–Trinajstić information content (AvgIpc) is 3.42. The molecule has 1 aliphatic carbocycles. The van der Waals surface area contributed by atoms with Gasteiger partial charge in [0.1, 0.15) is 35.2 Å². The van der Waals surface area contributed by atoms with Gasteiger partial charge in [-0.2, -0.15) is 13.2 Å². The zero-order valence-corrected chi connectivity index (χ0v) is 22.0. The van der Waals surface area contributed by atoms with Crippen LogP contribution in [0.4, 0.5) is 13.2 Å². The quantitative estimate of drug-likeness (QED) is 0.335. The summed E-state index contributed by atoms with van der Waals surface area (Å²) in [6.45, 7) is 6.68. The molecule has 4 atom stereocenters. The minimum absolute atomic E-state index is 0.0232. The number of carbonyl (C=O) groups excluding carboxylic acids is 1. The third-order valence-electron chi connectivity index (χ3n) is 7.21. The molecule has 206 valence electrons. The molecule has 0 radical (unpaired) electrons. The van der Waals surface area contributed by atoms with E-state index in [2.05, 4.69) is 0 Å². The summed E-state index contributed by atoms with van der Waals surface area (Å²) in [7, 11) is 0. The molecule has 1 fully saturated rings. The van der Waals surface area contributed by atoms with Crippen LogP contribution in [0.15, 0.2) is 59.0 Å². The second kappa shape index (κ2) is 10.3. The minimum atomic E-state index is -4.63. The topological polar surface area (TPSA) is 101 Å². The van der Waals surface area contributed by atoms with Crippen molar-refractivity contribution in [2.75, 3.05) is 0 Å². The molecular weight excluding hydrogens is 497 g/mol. The Morgan fingerprint density at radius 3 is 2.32 bits per heavy atom. The maximum Gasteiger partial charge on any atom is 0.398 e. The van der Waals surface area contributed by atoms with Gasteiger partial charge in [-0.3, -0.25) is 4.79 Å². The molecule has 0 aliphatic heterocycles. The van der Waals surface area contributed by atoms with Gasteiger partial charge in [0.2, 0.25) is 0 Å². The van der Waals surface area contributed by atoms with Crippen molar-refractivity contribution in [2.24, 2.45) is 22.8 Å². The van der Waals surface area contributed by atoms with Crippen molar-refractivity contribution in [3.05, 3.63) is 54.6 Å². The molecular formula is C29H35F3N2O4. The SMILES string of the molecule is CC(C)(N)CC(N)C(C)(C)C(=O)OC1CCC(Oc2ccc3cc(-c4ccccc4)oc3c2)C1C(F)(F)F. The standard InChI is InChI=1S/C29H35F3N2O4/c1-27(2,34)16-24(33)28(3,4)26(35)38-21-13-12-20(25(21)29(30,31)32)36-19-11-10-18-14-22(37-23(18)15-19)17-8-6-5-7-9-17/h5-11,14-15,20-21,24-25H,12-13,16,33-34H2,1-4H3. The summed E-state index contributed by atoms with van der Waals surface area (Å²) < 4.78 is 59.8. The van der Waals surface area contributed by atoms with Gasteiger partial charge in [0.25, 0.3) is 0 Å². The van der Waals surface area contributed by atoms with Gasteiger partial charge in [0, 0.05) is 28.6 Å². The summed E-state index contributed by atoms with van der Waals surface area (Å²) in [5.41, 5.74) is 11.8. The van der Waals surface area contributed by atoms with Crippen LogP contribution in [0.1, 0.15) is 47.0 Å². The van der Waals surface area contributed by atoms with E-state index < -0.39 is 47.3 Å². The van der Waals surface area contributed by atoms with Crippen LogP contribution in [-0.4, -0.2) is 35.9 Å². The van der Waals surface area contributed by atoms with E-state index >= 15 is 0 Å². The molecule has 1 aliphatic rings. The molecule has 0 spiro atoms. The maximum absolute atomic E-state index is 14.2. The Bertz CT molecular complexity index is 1260. The van der Waals surface area contributed by atoms with Gasteiger partial charge >= 0.3 is 12.1 Å². The minimum Gasteiger partial charge on any atom is -0.489 e. The molecule has 9 heteroatoms. The van der Waals surface area contributed by atoms with E-state index in [9.17, 15) is 18.0 Å². The van der Waals surface area contributed by atoms with Crippen molar-refractivity contribution in [1.82, 2.24) is 0 Å². The molecule has 1 heterocycles.